The number of phenols is 1. The van der Waals surface area contributed by atoms with E-state index in [-0.39, 0.29) is 29.1 Å². The molecule has 1 atom stereocenters. The van der Waals surface area contributed by atoms with Crippen LogP contribution >= 0.6 is 0 Å². The van der Waals surface area contributed by atoms with Crippen molar-refractivity contribution in [3.8, 4) is 22.6 Å². The lowest BCUT2D eigenvalue weighted by Crippen LogP contribution is -2.39. The molecule has 156 valence electrons. The minimum absolute atomic E-state index is 0.00713. The molecule has 0 radical (unpaired) electrons. The van der Waals surface area contributed by atoms with Gasteiger partial charge in [-0.3, -0.25) is 4.79 Å². The van der Waals surface area contributed by atoms with Gasteiger partial charge in [0.05, 0.1) is 11.0 Å². The summed E-state index contributed by atoms with van der Waals surface area (Å²) in [7, 11) is 0. The van der Waals surface area contributed by atoms with Gasteiger partial charge in [-0.05, 0) is 19.4 Å². The number of rotatable bonds is 4. The van der Waals surface area contributed by atoms with E-state index in [0.717, 1.165) is 5.56 Å². The molecule has 0 spiro atoms. The van der Waals surface area contributed by atoms with Gasteiger partial charge in [-0.15, -0.1) is 0 Å². The topological polar surface area (TPSA) is 97.0 Å². The highest BCUT2D eigenvalue weighted by molar-refractivity contribution is 6.14. The van der Waals surface area contributed by atoms with E-state index in [1.165, 1.54) is 6.07 Å². The maximum atomic E-state index is 13.0. The first-order valence-electron chi connectivity index (χ1n) is 9.94. The third-order valence-electron chi connectivity index (χ3n) is 5.51. The average Bonchev–Trinajstić information content (AvgIpc) is 3.14. The molecule has 0 aliphatic carbocycles. The lowest BCUT2D eigenvalue weighted by atomic mass is 9.90. The van der Waals surface area contributed by atoms with Crippen molar-refractivity contribution in [3.63, 3.8) is 0 Å². The fraction of sp³-hybridized carbons (Fsp3) is 0.333. The molecule has 2 aromatic carbocycles. The Kier molecular flexibility index (Phi) is 4.70. The van der Waals surface area contributed by atoms with E-state index in [1.807, 2.05) is 30.3 Å². The van der Waals surface area contributed by atoms with Crippen molar-refractivity contribution in [2.45, 2.75) is 45.8 Å². The summed E-state index contributed by atoms with van der Waals surface area (Å²) in [5.41, 5.74) is -0.0851. The normalized spacial score (nSPS) is 16.0. The lowest BCUT2D eigenvalue weighted by molar-refractivity contribution is -0.0225. The predicted molar refractivity (Wildman–Crippen MR) is 113 cm³/mol. The largest absolute Gasteiger partial charge is 0.507 e. The number of hydrogen-bond acceptors (Lipinski definition) is 6. The van der Waals surface area contributed by atoms with Crippen molar-refractivity contribution in [1.82, 2.24) is 0 Å². The molecule has 0 fully saturated rings. The number of carbonyl (C=O) groups is 1. The molecule has 6 nitrogen and oxygen atoms in total. The average molecular weight is 408 g/mol. The van der Waals surface area contributed by atoms with Gasteiger partial charge in [-0.2, -0.15) is 0 Å². The first-order chi connectivity index (χ1) is 14.1. The molecule has 0 saturated carbocycles. The molecule has 1 aromatic heterocycles. The van der Waals surface area contributed by atoms with Gasteiger partial charge in [0.15, 0.2) is 11.4 Å². The number of phenolic OH excluding ortho intramolecular Hbond substituents is 1. The number of ketones is 1. The number of aromatic hydroxyl groups is 1. The van der Waals surface area contributed by atoms with Gasteiger partial charge in [-0.1, -0.05) is 44.2 Å². The summed E-state index contributed by atoms with van der Waals surface area (Å²) in [6, 6.07) is 10.6. The monoisotopic (exact) mass is 408 g/mol. The van der Waals surface area contributed by atoms with Crippen molar-refractivity contribution in [2.24, 2.45) is 5.92 Å². The van der Waals surface area contributed by atoms with Crippen LogP contribution in [0.5, 0.6) is 11.5 Å². The van der Waals surface area contributed by atoms with Crippen molar-refractivity contribution in [1.29, 1.82) is 0 Å². The maximum Gasteiger partial charge on any atom is 0.336 e. The third-order valence-corrected chi connectivity index (χ3v) is 5.51. The van der Waals surface area contributed by atoms with Crippen molar-refractivity contribution in [2.75, 3.05) is 0 Å². The third kappa shape index (κ3) is 3.17. The Morgan fingerprint density at radius 3 is 2.47 bits per heavy atom. The second kappa shape index (κ2) is 6.99. The fourth-order valence-corrected chi connectivity index (χ4v) is 3.86. The summed E-state index contributed by atoms with van der Waals surface area (Å²) in [5, 5.41) is 22.0. The molecule has 1 aliphatic rings. The Hall–Kier alpha value is -3.12. The Bertz CT molecular complexity index is 1200. The van der Waals surface area contributed by atoms with Crippen LogP contribution in [0.4, 0.5) is 0 Å². The maximum absolute atomic E-state index is 13.0. The molecule has 0 unspecified atom stereocenters. The number of Topliss-reactive ketones (excluding diaryl/α,β-unsaturated/α-hetero) is 1. The number of carbonyl (C=O) groups excluding carboxylic acids is 1. The van der Waals surface area contributed by atoms with Crippen LogP contribution in [0.3, 0.4) is 0 Å². The number of benzene rings is 2. The summed E-state index contributed by atoms with van der Waals surface area (Å²) in [5.74, 6) is -0.676. The van der Waals surface area contributed by atoms with Crippen molar-refractivity contribution < 1.29 is 24.2 Å². The van der Waals surface area contributed by atoms with Gasteiger partial charge in [-0.25, -0.2) is 4.79 Å². The summed E-state index contributed by atoms with van der Waals surface area (Å²) in [4.78, 5) is 25.4. The number of fused-ring (bicyclic) bond motifs is 3. The minimum Gasteiger partial charge on any atom is -0.507 e. The standard InChI is InChI=1S/C24H24O6/c1-12(2)20(26)19-21(27)15-10-16(24(3,4)28)29-22(15)18-14(11-17(25)30-23(18)19)13-8-6-5-7-9-13/h5-9,11-12,16,27-28H,10H2,1-4H3/t16-/m0/s1. The highest BCUT2D eigenvalue weighted by Crippen LogP contribution is 2.49. The first kappa shape index (κ1) is 20.2. The van der Waals surface area contributed by atoms with E-state index in [9.17, 15) is 19.8 Å². The molecule has 2 heterocycles. The van der Waals surface area contributed by atoms with Crippen LogP contribution in [-0.2, 0) is 6.42 Å². The van der Waals surface area contributed by atoms with Crippen LogP contribution in [0, 0.1) is 5.92 Å². The quantitative estimate of drug-likeness (QED) is 0.499. The molecule has 6 heteroatoms. The number of ether oxygens (including phenoxy) is 1. The van der Waals surface area contributed by atoms with Crippen LogP contribution in [-0.4, -0.2) is 27.7 Å². The predicted octanol–water partition coefficient (Wildman–Crippen LogP) is 4.08. The molecule has 3 aromatic rings. The molecule has 30 heavy (non-hydrogen) atoms. The van der Waals surface area contributed by atoms with Crippen LogP contribution < -0.4 is 10.4 Å². The SMILES string of the molecule is CC(C)C(=O)c1c(O)c2c(c3c(-c4ccccc4)cc(=O)oc13)O[C@H](C(C)(C)O)C2. The molecule has 2 N–H and O–H groups in total. The Morgan fingerprint density at radius 2 is 1.87 bits per heavy atom. The van der Waals surface area contributed by atoms with E-state index in [2.05, 4.69) is 0 Å². The summed E-state index contributed by atoms with van der Waals surface area (Å²) in [6.45, 7) is 6.69. The Labute approximate surface area is 173 Å². The van der Waals surface area contributed by atoms with Gasteiger partial charge in [0.2, 0.25) is 0 Å². The van der Waals surface area contributed by atoms with E-state index >= 15 is 0 Å². The molecular weight excluding hydrogens is 384 g/mol. The van der Waals surface area contributed by atoms with Crippen molar-refractivity contribution >= 4 is 16.8 Å². The minimum atomic E-state index is -1.18. The molecular formula is C24H24O6. The van der Waals surface area contributed by atoms with E-state index in [0.29, 0.717) is 22.3 Å². The smallest absolute Gasteiger partial charge is 0.336 e. The Balaban J connectivity index is 2.15. The molecule has 4 rings (SSSR count). The Morgan fingerprint density at radius 1 is 1.20 bits per heavy atom. The van der Waals surface area contributed by atoms with E-state index < -0.39 is 23.2 Å². The summed E-state index contributed by atoms with van der Waals surface area (Å²) in [6.07, 6.45) is -0.395. The van der Waals surface area contributed by atoms with Gasteiger partial charge < -0.3 is 19.4 Å². The number of aliphatic hydroxyl groups is 1. The second-order valence-electron chi connectivity index (χ2n) is 8.56. The lowest BCUT2D eigenvalue weighted by Gasteiger charge is -2.24. The van der Waals surface area contributed by atoms with E-state index in [4.69, 9.17) is 9.15 Å². The summed E-state index contributed by atoms with van der Waals surface area (Å²) < 4.78 is 11.6. The highest BCUT2D eigenvalue weighted by Gasteiger charge is 2.40. The van der Waals surface area contributed by atoms with Crippen LogP contribution in [0.1, 0.15) is 43.6 Å². The molecule has 0 bridgehead atoms. The van der Waals surface area contributed by atoms with Gasteiger partial charge >= 0.3 is 5.63 Å². The van der Waals surface area contributed by atoms with Gasteiger partial charge in [0.1, 0.15) is 23.2 Å². The second-order valence-corrected chi connectivity index (χ2v) is 8.56. The van der Waals surface area contributed by atoms with E-state index in [1.54, 1.807) is 27.7 Å². The van der Waals surface area contributed by atoms with Crippen molar-refractivity contribution in [3.05, 3.63) is 57.9 Å². The molecule has 0 saturated heterocycles. The van der Waals surface area contributed by atoms with Crippen LogP contribution in [0.15, 0.2) is 45.6 Å². The first-order valence-corrected chi connectivity index (χ1v) is 9.94. The number of hydrogen-bond donors (Lipinski definition) is 2. The molecule has 1 aliphatic heterocycles. The highest BCUT2D eigenvalue weighted by atomic mass is 16.5. The zero-order valence-electron chi connectivity index (χ0n) is 17.4. The van der Waals surface area contributed by atoms with Gasteiger partial charge in [0, 0.05) is 29.5 Å². The van der Waals surface area contributed by atoms with Crippen LogP contribution in [0.2, 0.25) is 0 Å². The summed E-state index contributed by atoms with van der Waals surface area (Å²) >= 11 is 0. The fourth-order valence-electron chi connectivity index (χ4n) is 3.86. The van der Waals surface area contributed by atoms with Gasteiger partial charge in [0.25, 0.3) is 0 Å². The zero-order chi connectivity index (χ0) is 21.8. The molecule has 0 amide bonds. The van der Waals surface area contributed by atoms with Crippen LogP contribution in [0.25, 0.3) is 22.1 Å². The zero-order valence-corrected chi connectivity index (χ0v) is 17.4.